The molecule has 1 aliphatic rings. The Balaban J connectivity index is 2.18. The van der Waals surface area contributed by atoms with Crippen LogP contribution < -0.4 is 5.32 Å². The van der Waals surface area contributed by atoms with E-state index in [2.05, 4.69) is 24.1 Å². The summed E-state index contributed by atoms with van der Waals surface area (Å²) in [6, 6.07) is 0. The van der Waals surface area contributed by atoms with Crippen LogP contribution >= 0.6 is 12.2 Å². The Morgan fingerprint density at radius 2 is 2.20 bits per heavy atom. The van der Waals surface area contributed by atoms with Gasteiger partial charge < -0.3 is 10.2 Å². The van der Waals surface area contributed by atoms with Crippen LogP contribution in [0.3, 0.4) is 0 Å². The molecule has 1 N–H and O–H groups in total. The van der Waals surface area contributed by atoms with E-state index in [-0.39, 0.29) is 0 Å². The topological polar surface area (TPSA) is 15.3 Å². The number of hydrogen-bond acceptors (Lipinski definition) is 1. The molecule has 2 nitrogen and oxygen atoms in total. The second-order valence-corrected chi connectivity index (χ2v) is 4.86. The van der Waals surface area contributed by atoms with Gasteiger partial charge in [0, 0.05) is 19.6 Å². The molecular weight excluding hydrogens is 204 g/mol. The van der Waals surface area contributed by atoms with E-state index < -0.39 is 0 Å². The maximum absolute atomic E-state index is 5.38. The predicted octanol–water partition coefficient (Wildman–Crippen LogP) is 2.78. The van der Waals surface area contributed by atoms with Crippen LogP contribution in [0.4, 0.5) is 0 Å². The van der Waals surface area contributed by atoms with Crippen molar-refractivity contribution in [2.75, 3.05) is 19.6 Å². The Morgan fingerprint density at radius 3 is 2.87 bits per heavy atom. The van der Waals surface area contributed by atoms with Crippen LogP contribution in [0, 0.1) is 5.92 Å². The Kier molecular flexibility index (Phi) is 5.99. The van der Waals surface area contributed by atoms with Gasteiger partial charge in [-0.2, -0.15) is 0 Å². The first kappa shape index (κ1) is 12.8. The van der Waals surface area contributed by atoms with Crippen LogP contribution in [-0.4, -0.2) is 29.6 Å². The van der Waals surface area contributed by atoms with Crippen molar-refractivity contribution in [3.8, 4) is 0 Å². The Labute approximate surface area is 99.4 Å². The molecule has 0 bridgehead atoms. The molecule has 1 fully saturated rings. The smallest absolute Gasteiger partial charge is 0.168 e. The van der Waals surface area contributed by atoms with Crippen molar-refractivity contribution >= 4 is 17.3 Å². The maximum Gasteiger partial charge on any atom is 0.168 e. The first-order valence-corrected chi connectivity index (χ1v) is 6.71. The van der Waals surface area contributed by atoms with Gasteiger partial charge in [-0.1, -0.05) is 26.7 Å². The van der Waals surface area contributed by atoms with E-state index in [0.29, 0.717) is 0 Å². The van der Waals surface area contributed by atoms with Gasteiger partial charge in [-0.15, -0.1) is 0 Å². The van der Waals surface area contributed by atoms with Gasteiger partial charge >= 0.3 is 0 Å². The molecular formula is C12H24N2S. The van der Waals surface area contributed by atoms with Gasteiger partial charge in [-0.05, 0) is 37.4 Å². The van der Waals surface area contributed by atoms with Crippen molar-refractivity contribution in [2.45, 2.75) is 46.0 Å². The lowest BCUT2D eigenvalue weighted by molar-refractivity contribution is 0.451. The largest absolute Gasteiger partial charge is 0.363 e. The molecule has 1 rings (SSSR count). The third kappa shape index (κ3) is 4.37. The van der Waals surface area contributed by atoms with Gasteiger partial charge in [-0.3, -0.25) is 0 Å². The highest BCUT2D eigenvalue weighted by Crippen LogP contribution is 2.20. The normalized spacial score (nSPS) is 20.7. The van der Waals surface area contributed by atoms with Crippen LogP contribution in [0.1, 0.15) is 46.0 Å². The first-order valence-electron chi connectivity index (χ1n) is 6.30. The minimum atomic E-state index is 0.876. The van der Waals surface area contributed by atoms with Crippen LogP contribution in [-0.2, 0) is 0 Å². The summed E-state index contributed by atoms with van der Waals surface area (Å²) < 4.78 is 0. The van der Waals surface area contributed by atoms with Gasteiger partial charge in [0.25, 0.3) is 0 Å². The summed E-state index contributed by atoms with van der Waals surface area (Å²) in [6.45, 7) is 7.83. The molecule has 1 unspecified atom stereocenters. The van der Waals surface area contributed by atoms with Crippen molar-refractivity contribution in [1.82, 2.24) is 10.2 Å². The van der Waals surface area contributed by atoms with Crippen molar-refractivity contribution in [3.63, 3.8) is 0 Å². The molecule has 1 heterocycles. The maximum atomic E-state index is 5.38. The second kappa shape index (κ2) is 7.04. The minimum absolute atomic E-state index is 0.876. The van der Waals surface area contributed by atoms with Crippen molar-refractivity contribution in [2.24, 2.45) is 5.92 Å². The van der Waals surface area contributed by atoms with Gasteiger partial charge in [-0.25, -0.2) is 0 Å². The quantitative estimate of drug-likeness (QED) is 0.575. The molecule has 0 aliphatic carbocycles. The Bertz CT molecular complexity index is 194. The predicted molar refractivity (Wildman–Crippen MR) is 70.1 cm³/mol. The Morgan fingerprint density at radius 1 is 1.40 bits per heavy atom. The lowest BCUT2D eigenvalue weighted by Gasteiger charge is -2.20. The molecule has 0 radical (unpaired) electrons. The molecule has 0 aromatic rings. The molecule has 0 aromatic carbocycles. The van der Waals surface area contributed by atoms with Crippen molar-refractivity contribution in [3.05, 3.63) is 0 Å². The van der Waals surface area contributed by atoms with Gasteiger partial charge in [0.1, 0.15) is 0 Å². The summed E-state index contributed by atoms with van der Waals surface area (Å²) in [6.07, 6.45) is 6.42. The summed E-state index contributed by atoms with van der Waals surface area (Å²) in [5.41, 5.74) is 0. The molecule has 3 heteroatoms. The molecule has 88 valence electrons. The summed E-state index contributed by atoms with van der Waals surface area (Å²) in [5.74, 6) is 0.876. The van der Waals surface area contributed by atoms with E-state index in [1.54, 1.807) is 0 Å². The lowest BCUT2D eigenvalue weighted by Crippen LogP contribution is -2.38. The lowest BCUT2D eigenvalue weighted by atomic mass is 10.0. The zero-order valence-corrected chi connectivity index (χ0v) is 10.9. The van der Waals surface area contributed by atoms with E-state index in [9.17, 15) is 0 Å². The number of likely N-dealkylation sites (tertiary alicyclic amines) is 1. The summed E-state index contributed by atoms with van der Waals surface area (Å²) in [7, 11) is 0. The van der Waals surface area contributed by atoms with E-state index in [0.717, 1.165) is 24.1 Å². The number of nitrogens with zero attached hydrogens (tertiary/aromatic N) is 1. The minimum Gasteiger partial charge on any atom is -0.363 e. The fraction of sp³-hybridized carbons (Fsp3) is 0.917. The summed E-state index contributed by atoms with van der Waals surface area (Å²) >= 11 is 5.38. The monoisotopic (exact) mass is 228 g/mol. The molecule has 15 heavy (non-hydrogen) atoms. The fourth-order valence-electron chi connectivity index (χ4n) is 2.14. The number of thiocarbonyl (C=S) groups is 1. The zero-order valence-electron chi connectivity index (χ0n) is 10.1. The highest BCUT2D eigenvalue weighted by molar-refractivity contribution is 7.80. The van der Waals surface area contributed by atoms with E-state index >= 15 is 0 Å². The summed E-state index contributed by atoms with van der Waals surface area (Å²) in [4.78, 5) is 2.34. The van der Waals surface area contributed by atoms with Crippen LogP contribution in [0.15, 0.2) is 0 Å². The fourth-order valence-corrected chi connectivity index (χ4v) is 2.41. The van der Waals surface area contributed by atoms with E-state index in [1.807, 2.05) is 0 Å². The molecule has 1 atom stereocenters. The third-order valence-corrected chi connectivity index (χ3v) is 3.48. The molecule has 0 saturated carbocycles. The van der Waals surface area contributed by atoms with Crippen molar-refractivity contribution in [1.29, 1.82) is 0 Å². The molecule has 0 spiro atoms. The van der Waals surface area contributed by atoms with Gasteiger partial charge in [0.05, 0.1) is 0 Å². The molecule has 0 aromatic heterocycles. The number of hydrogen-bond donors (Lipinski definition) is 1. The average molecular weight is 228 g/mol. The van der Waals surface area contributed by atoms with Gasteiger partial charge in [0.15, 0.2) is 5.11 Å². The van der Waals surface area contributed by atoms with Gasteiger partial charge in [0.2, 0.25) is 0 Å². The first-order chi connectivity index (χ1) is 7.27. The van der Waals surface area contributed by atoms with Crippen LogP contribution in [0.2, 0.25) is 0 Å². The van der Waals surface area contributed by atoms with Crippen LogP contribution in [0.25, 0.3) is 0 Å². The van der Waals surface area contributed by atoms with E-state index in [4.69, 9.17) is 12.2 Å². The van der Waals surface area contributed by atoms with E-state index in [1.165, 1.54) is 38.6 Å². The third-order valence-electron chi connectivity index (χ3n) is 3.08. The number of rotatable bonds is 5. The average Bonchev–Trinajstić information content (AvgIpc) is 2.67. The second-order valence-electron chi connectivity index (χ2n) is 4.47. The summed E-state index contributed by atoms with van der Waals surface area (Å²) in [5, 5.41) is 4.32. The Hall–Kier alpha value is -0.310. The highest BCUT2D eigenvalue weighted by Gasteiger charge is 2.22. The zero-order chi connectivity index (χ0) is 11.1. The number of nitrogens with one attached hydrogen (secondary N) is 1. The number of unbranched alkanes of at least 4 members (excludes halogenated alkanes) is 1. The molecule has 1 saturated heterocycles. The van der Waals surface area contributed by atoms with Crippen molar-refractivity contribution < 1.29 is 0 Å². The highest BCUT2D eigenvalue weighted by atomic mass is 32.1. The molecule has 0 amide bonds. The molecule has 1 aliphatic heterocycles. The SMILES string of the molecule is CCCCNC(=S)N1CCC(CCC)C1. The van der Waals surface area contributed by atoms with Crippen LogP contribution in [0.5, 0.6) is 0 Å². The standard InChI is InChI=1S/C12H24N2S/c1-3-5-8-13-12(15)14-9-7-11(10-14)6-4-2/h11H,3-10H2,1-2H3,(H,13,15).